The molecule has 3 aromatic rings. The highest BCUT2D eigenvalue weighted by molar-refractivity contribution is 5.79. The zero-order valence-electron chi connectivity index (χ0n) is 12.3. The standard InChI is InChI=1S/C19H18N2O/c22-19(11-10-15-6-2-1-3-7-15)21-14-16-12-17-8-4-5-9-18(17)20-13-16/h1-9,12-13H,10-11,14H2,(H,21,22). The minimum Gasteiger partial charge on any atom is -0.352 e. The van der Waals surface area contributed by atoms with Crippen LogP contribution in [0.1, 0.15) is 17.5 Å². The number of aryl methyl sites for hydroxylation is 1. The van der Waals surface area contributed by atoms with Gasteiger partial charge >= 0.3 is 0 Å². The zero-order valence-corrected chi connectivity index (χ0v) is 12.3. The minimum atomic E-state index is 0.0667. The number of fused-ring (bicyclic) bond motifs is 1. The van der Waals surface area contributed by atoms with Gasteiger partial charge in [-0.1, -0.05) is 48.5 Å². The quantitative estimate of drug-likeness (QED) is 0.781. The number of hydrogen-bond donors (Lipinski definition) is 1. The van der Waals surface area contributed by atoms with E-state index in [0.29, 0.717) is 13.0 Å². The van der Waals surface area contributed by atoms with Gasteiger partial charge in [0.1, 0.15) is 0 Å². The third kappa shape index (κ3) is 3.70. The van der Waals surface area contributed by atoms with Crippen LogP contribution < -0.4 is 5.32 Å². The molecule has 3 nitrogen and oxygen atoms in total. The average Bonchev–Trinajstić information content (AvgIpc) is 2.59. The molecule has 0 aliphatic rings. The highest BCUT2D eigenvalue weighted by atomic mass is 16.1. The summed E-state index contributed by atoms with van der Waals surface area (Å²) >= 11 is 0. The number of rotatable bonds is 5. The van der Waals surface area contributed by atoms with Crippen LogP contribution >= 0.6 is 0 Å². The summed E-state index contributed by atoms with van der Waals surface area (Å²) in [7, 11) is 0. The molecule has 0 saturated heterocycles. The molecule has 0 spiro atoms. The number of pyridine rings is 1. The Labute approximate surface area is 130 Å². The van der Waals surface area contributed by atoms with Gasteiger partial charge in [0, 0.05) is 24.5 Å². The summed E-state index contributed by atoms with van der Waals surface area (Å²) in [6.07, 6.45) is 3.09. The van der Waals surface area contributed by atoms with Gasteiger partial charge in [-0.25, -0.2) is 0 Å². The highest BCUT2D eigenvalue weighted by Crippen LogP contribution is 2.12. The molecule has 3 rings (SSSR count). The number of hydrogen-bond acceptors (Lipinski definition) is 2. The maximum absolute atomic E-state index is 11.9. The number of para-hydroxylation sites is 1. The van der Waals surface area contributed by atoms with Crippen molar-refractivity contribution >= 4 is 16.8 Å². The SMILES string of the molecule is O=C(CCc1ccccc1)NCc1cnc2ccccc2c1. The Morgan fingerprint density at radius 1 is 0.955 bits per heavy atom. The summed E-state index contributed by atoms with van der Waals surface area (Å²) in [5.74, 6) is 0.0667. The molecule has 0 aliphatic heterocycles. The van der Waals surface area contributed by atoms with Crippen molar-refractivity contribution in [1.82, 2.24) is 10.3 Å². The van der Waals surface area contributed by atoms with E-state index in [2.05, 4.69) is 16.4 Å². The van der Waals surface area contributed by atoms with Gasteiger partial charge in [-0.3, -0.25) is 9.78 Å². The Balaban J connectivity index is 1.53. The van der Waals surface area contributed by atoms with Crippen molar-refractivity contribution in [3.8, 4) is 0 Å². The van der Waals surface area contributed by atoms with Crippen molar-refractivity contribution in [3.63, 3.8) is 0 Å². The van der Waals surface area contributed by atoms with Crippen molar-refractivity contribution in [2.24, 2.45) is 0 Å². The van der Waals surface area contributed by atoms with Crippen molar-refractivity contribution in [3.05, 3.63) is 78.0 Å². The van der Waals surface area contributed by atoms with Gasteiger partial charge in [-0.15, -0.1) is 0 Å². The van der Waals surface area contributed by atoms with E-state index < -0.39 is 0 Å². The molecule has 1 aromatic heterocycles. The molecule has 0 atom stereocenters. The smallest absolute Gasteiger partial charge is 0.220 e. The highest BCUT2D eigenvalue weighted by Gasteiger charge is 2.03. The summed E-state index contributed by atoms with van der Waals surface area (Å²) in [5.41, 5.74) is 3.18. The molecule has 1 amide bonds. The number of amides is 1. The van der Waals surface area contributed by atoms with Crippen molar-refractivity contribution in [2.45, 2.75) is 19.4 Å². The number of nitrogens with zero attached hydrogens (tertiary/aromatic N) is 1. The number of aromatic nitrogens is 1. The lowest BCUT2D eigenvalue weighted by molar-refractivity contribution is -0.121. The first-order chi connectivity index (χ1) is 10.8. The summed E-state index contributed by atoms with van der Waals surface area (Å²) in [4.78, 5) is 16.3. The predicted molar refractivity (Wildman–Crippen MR) is 88.4 cm³/mol. The van der Waals surface area contributed by atoms with Crippen LogP contribution in [0.3, 0.4) is 0 Å². The average molecular weight is 290 g/mol. The molecular formula is C19H18N2O. The van der Waals surface area contributed by atoms with Gasteiger partial charge in [0.05, 0.1) is 5.52 Å². The Hall–Kier alpha value is -2.68. The molecule has 0 saturated carbocycles. The van der Waals surface area contributed by atoms with Gasteiger partial charge in [0.15, 0.2) is 0 Å². The van der Waals surface area contributed by atoms with E-state index in [-0.39, 0.29) is 5.91 Å². The van der Waals surface area contributed by atoms with Crippen molar-refractivity contribution in [1.29, 1.82) is 0 Å². The molecule has 0 bridgehead atoms. The van der Waals surface area contributed by atoms with E-state index in [9.17, 15) is 4.79 Å². The Bertz CT molecular complexity index is 769. The first-order valence-electron chi connectivity index (χ1n) is 7.45. The number of nitrogens with one attached hydrogen (secondary N) is 1. The van der Waals surface area contributed by atoms with Gasteiger partial charge < -0.3 is 5.32 Å². The second-order valence-electron chi connectivity index (χ2n) is 5.30. The molecule has 0 aliphatic carbocycles. The first kappa shape index (κ1) is 14.3. The minimum absolute atomic E-state index is 0.0667. The second-order valence-corrected chi connectivity index (χ2v) is 5.30. The molecule has 0 unspecified atom stereocenters. The van der Waals surface area contributed by atoms with Crippen LogP contribution in [0, 0.1) is 0 Å². The maximum Gasteiger partial charge on any atom is 0.220 e. The molecule has 22 heavy (non-hydrogen) atoms. The molecule has 110 valence electrons. The summed E-state index contributed by atoms with van der Waals surface area (Å²) in [5, 5.41) is 4.05. The Morgan fingerprint density at radius 3 is 2.59 bits per heavy atom. The van der Waals surface area contributed by atoms with Crippen molar-refractivity contribution in [2.75, 3.05) is 0 Å². The fourth-order valence-electron chi connectivity index (χ4n) is 2.40. The summed E-state index contributed by atoms with van der Waals surface area (Å²) in [6.45, 7) is 0.519. The van der Waals surface area contributed by atoms with Crippen molar-refractivity contribution < 1.29 is 4.79 Å². The fraction of sp³-hybridized carbons (Fsp3) is 0.158. The van der Waals surface area contributed by atoms with E-state index in [1.165, 1.54) is 5.56 Å². The van der Waals surface area contributed by atoms with Crippen LogP contribution in [0.15, 0.2) is 66.9 Å². The monoisotopic (exact) mass is 290 g/mol. The van der Waals surface area contributed by atoms with Crippen LogP contribution in [-0.2, 0) is 17.8 Å². The topological polar surface area (TPSA) is 42.0 Å². The zero-order chi connectivity index (χ0) is 15.2. The van der Waals surface area contributed by atoms with Gasteiger partial charge in [-0.2, -0.15) is 0 Å². The van der Waals surface area contributed by atoms with E-state index in [1.807, 2.05) is 60.8 Å². The van der Waals surface area contributed by atoms with Crippen LogP contribution in [0.5, 0.6) is 0 Å². The molecular weight excluding hydrogens is 272 g/mol. The number of benzene rings is 2. The van der Waals surface area contributed by atoms with Gasteiger partial charge in [0.25, 0.3) is 0 Å². The Morgan fingerprint density at radius 2 is 1.73 bits per heavy atom. The third-order valence-electron chi connectivity index (χ3n) is 3.62. The van der Waals surface area contributed by atoms with E-state index in [4.69, 9.17) is 0 Å². The van der Waals surface area contributed by atoms with E-state index in [0.717, 1.165) is 22.9 Å². The predicted octanol–water partition coefficient (Wildman–Crippen LogP) is 3.48. The number of carbonyl (C=O) groups is 1. The van der Waals surface area contributed by atoms with Crippen LogP contribution in [-0.4, -0.2) is 10.9 Å². The Kier molecular flexibility index (Phi) is 4.44. The van der Waals surface area contributed by atoms with E-state index in [1.54, 1.807) is 0 Å². The summed E-state index contributed by atoms with van der Waals surface area (Å²) < 4.78 is 0. The maximum atomic E-state index is 11.9. The lowest BCUT2D eigenvalue weighted by Crippen LogP contribution is -2.23. The molecule has 2 aromatic carbocycles. The lowest BCUT2D eigenvalue weighted by Gasteiger charge is -2.06. The molecule has 0 radical (unpaired) electrons. The van der Waals surface area contributed by atoms with E-state index >= 15 is 0 Å². The molecule has 1 heterocycles. The number of carbonyl (C=O) groups excluding carboxylic acids is 1. The molecule has 0 fully saturated rings. The largest absolute Gasteiger partial charge is 0.352 e. The lowest BCUT2D eigenvalue weighted by atomic mass is 10.1. The fourth-order valence-corrected chi connectivity index (χ4v) is 2.40. The molecule has 3 heteroatoms. The summed E-state index contributed by atoms with van der Waals surface area (Å²) in [6, 6.07) is 20.1. The normalized spacial score (nSPS) is 10.5. The van der Waals surface area contributed by atoms with Crippen LogP contribution in [0.4, 0.5) is 0 Å². The van der Waals surface area contributed by atoms with Gasteiger partial charge in [-0.05, 0) is 29.7 Å². The van der Waals surface area contributed by atoms with Crippen LogP contribution in [0.25, 0.3) is 10.9 Å². The van der Waals surface area contributed by atoms with Crippen LogP contribution in [0.2, 0.25) is 0 Å². The first-order valence-corrected chi connectivity index (χ1v) is 7.45. The van der Waals surface area contributed by atoms with Gasteiger partial charge in [0.2, 0.25) is 5.91 Å². The molecule has 1 N–H and O–H groups in total. The second kappa shape index (κ2) is 6.85. The third-order valence-corrected chi connectivity index (χ3v) is 3.62.